The Morgan fingerprint density at radius 2 is 1.81 bits per heavy atom. The fourth-order valence-electron chi connectivity index (χ4n) is 3.51. The first-order valence-electron chi connectivity index (χ1n) is 11.4. The van der Waals surface area contributed by atoms with Crippen molar-refractivity contribution in [3.05, 3.63) is 48.0 Å². The van der Waals surface area contributed by atoms with Gasteiger partial charge < -0.3 is 20.1 Å². The van der Waals surface area contributed by atoms with Crippen molar-refractivity contribution in [2.45, 2.75) is 50.7 Å². The number of benzene rings is 2. The predicted octanol–water partition coefficient (Wildman–Crippen LogP) is 6.20. The number of hydrogen-bond donors (Lipinski definition) is 2. The van der Waals surface area contributed by atoms with Crippen molar-refractivity contribution in [2.24, 2.45) is 11.3 Å². The third-order valence-corrected chi connectivity index (χ3v) is 6.76. The van der Waals surface area contributed by atoms with Gasteiger partial charge in [-0.15, -0.1) is 11.8 Å². The first-order chi connectivity index (χ1) is 15.3. The molecule has 0 bridgehead atoms. The van der Waals surface area contributed by atoms with E-state index < -0.39 is 5.41 Å². The molecule has 0 radical (unpaired) electrons. The van der Waals surface area contributed by atoms with Crippen LogP contribution in [0.15, 0.2) is 47.4 Å². The van der Waals surface area contributed by atoms with Gasteiger partial charge in [-0.25, -0.2) is 0 Å². The first kappa shape index (κ1) is 24.5. The van der Waals surface area contributed by atoms with Gasteiger partial charge in [0.25, 0.3) is 0 Å². The molecule has 0 aliphatic carbocycles. The SMILES string of the molecule is COc1ccc(CSc2ccc(NCCC3CCOCC3)c(NC(=O)C(C)(C)C)c2)cc1. The molecular weight excluding hydrogens is 420 g/mol. The maximum atomic E-state index is 12.7. The smallest absolute Gasteiger partial charge is 0.229 e. The normalized spacial score (nSPS) is 14.8. The van der Waals surface area contributed by atoms with Crippen molar-refractivity contribution >= 4 is 29.0 Å². The summed E-state index contributed by atoms with van der Waals surface area (Å²) in [5, 5.41) is 6.69. The van der Waals surface area contributed by atoms with Crippen molar-refractivity contribution in [1.82, 2.24) is 0 Å². The summed E-state index contributed by atoms with van der Waals surface area (Å²) < 4.78 is 10.7. The molecule has 0 spiro atoms. The quantitative estimate of drug-likeness (QED) is 0.440. The Morgan fingerprint density at radius 1 is 1.09 bits per heavy atom. The molecule has 2 N–H and O–H groups in total. The van der Waals surface area contributed by atoms with E-state index in [0.717, 1.165) is 66.8 Å². The number of hydrogen-bond acceptors (Lipinski definition) is 5. The van der Waals surface area contributed by atoms with Crippen LogP contribution in [0.2, 0.25) is 0 Å². The Balaban J connectivity index is 1.66. The van der Waals surface area contributed by atoms with Crippen LogP contribution < -0.4 is 15.4 Å². The molecule has 0 saturated carbocycles. The molecule has 2 aromatic carbocycles. The van der Waals surface area contributed by atoms with E-state index >= 15 is 0 Å². The standard InChI is InChI=1S/C26H36N2O3S/c1-26(2,3)25(29)28-24-17-22(32-18-20-5-7-21(30-4)8-6-20)9-10-23(24)27-14-11-19-12-15-31-16-13-19/h5-10,17,19,27H,11-16,18H2,1-4H3,(H,28,29). The Bertz CT molecular complexity index is 872. The summed E-state index contributed by atoms with van der Waals surface area (Å²) in [6.45, 7) is 8.44. The van der Waals surface area contributed by atoms with Gasteiger partial charge in [-0.05, 0) is 61.1 Å². The zero-order valence-corrected chi connectivity index (χ0v) is 20.5. The van der Waals surface area contributed by atoms with Crippen LogP contribution >= 0.6 is 11.8 Å². The van der Waals surface area contributed by atoms with Crippen LogP contribution in [0.25, 0.3) is 0 Å². The second-order valence-electron chi connectivity index (χ2n) is 9.32. The lowest BCUT2D eigenvalue weighted by Gasteiger charge is -2.23. The maximum Gasteiger partial charge on any atom is 0.229 e. The molecule has 1 saturated heterocycles. The van der Waals surface area contributed by atoms with Crippen LogP contribution in [0.4, 0.5) is 11.4 Å². The minimum atomic E-state index is -0.453. The zero-order valence-electron chi connectivity index (χ0n) is 19.7. The van der Waals surface area contributed by atoms with E-state index in [1.165, 1.54) is 5.56 Å². The van der Waals surface area contributed by atoms with Crippen LogP contribution in [0, 0.1) is 11.3 Å². The Hall–Kier alpha value is -2.18. The van der Waals surface area contributed by atoms with Gasteiger partial charge in [-0.2, -0.15) is 0 Å². The predicted molar refractivity (Wildman–Crippen MR) is 134 cm³/mol. The number of thioether (sulfide) groups is 1. The summed E-state index contributed by atoms with van der Waals surface area (Å²) >= 11 is 1.76. The Labute approximate surface area is 196 Å². The van der Waals surface area contributed by atoms with Gasteiger partial charge >= 0.3 is 0 Å². The number of rotatable bonds is 9. The summed E-state index contributed by atoms with van der Waals surface area (Å²) in [6.07, 6.45) is 3.39. The molecule has 1 aliphatic heterocycles. The first-order valence-corrected chi connectivity index (χ1v) is 12.4. The summed E-state index contributed by atoms with van der Waals surface area (Å²) in [6, 6.07) is 14.4. The molecule has 32 heavy (non-hydrogen) atoms. The summed E-state index contributed by atoms with van der Waals surface area (Å²) in [7, 11) is 1.68. The molecule has 1 fully saturated rings. The number of anilines is 2. The molecule has 174 valence electrons. The van der Waals surface area contributed by atoms with Crippen molar-refractivity contribution in [1.29, 1.82) is 0 Å². The number of nitrogens with one attached hydrogen (secondary N) is 2. The highest BCUT2D eigenvalue weighted by Gasteiger charge is 2.22. The molecule has 3 rings (SSSR count). The van der Waals surface area contributed by atoms with E-state index in [9.17, 15) is 4.79 Å². The third kappa shape index (κ3) is 7.45. The average Bonchev–Trinajstić information content (AvgIpc) is 2.79. The van der Waals surface area contributed by atoms with E-state index in [2.05, 4.69) is 41.0 Å². The van der Waals surface area contributed by atoms with E-state index in [1.807, 2.05) is 32.9 Å². The molecule has 0 aromatic heterocycles. The van der Waals surface area contributed by atoms with Crippen LogP contribution in [0.5, 0.6) is 5.75 Å². The van der Waals surface area contributed by atoms with Crippen LogP contribution in [-0.2, 0) is 15.3 Å². The largest absolute Gasteiger partial charge is 0.497 e. The maximum absolute atomic E-state index is 12.7. The molecule has 2 aromatic rings. The molecule has 1 heterocycles. The lowest BCUT2D eigenvalue weighted by molar-refractivity contribution is -0.123. The fraction of sp³-hybridized carbons (Fsp3) is 0.500. The van der Waals surface area contributed by atoms with Crippen LogP contribution in [-0.4, -0.2) is 32.8 Å². The fourth-order valence-corrected chi connectivity index (χ4v) is 4.41. The highest BCUT2D eigenvalue weighted by molar-refractivity contribution is 7.98. The van der Waals surface area contributed by atoms with Gasteiger partial charge in [-0.1, -0.05) is 32.9 Å². The zero-order chi connectivity index (χ0) is 23.0. The molecule has 5 nitrogen and oxygen atoms in total. The van der Waals surface area contributed by atoms with E-state index in [1.54, 1.807) is 18.9 Å². The monoisotopic (exact) mass is 456 g/mol. The number of amides is 1. The van der Waals surface area contributed by atoms with Gasteiger partial charge in [-0.3, -0.25) is 4.79 Å². The van der Waals surface area contributed by atoms with E-state index in [0.29, 0.717) is 5.92 Å². The third-order valence-electron chi connectivity index (χ3n) is 5.69. The van der Waals surface area contributed by atoms with Gasteiger partial charge in [0.15, 0.2) is 0 Å². The summed E-state index contributed by atoms with van der Waals surface area (Å²) in [5.74, 6) is 2.44. The second kappa shape index (κ2) is 11.6. The molecule has 0 atom stereocenters. The molecule has 0 unspecified atom stereocenters. The van der Waals surface area contributed by atoms with Gasteiger partial charge in [0, 0.05) is 35.8 Å². The highest BCUT2D eigenvalue weighted by Crippen LogP contribution is 2.32. The lowest BCUT2D eigenvalue weighted by atomic mass is 9.95. The Kier molecular flexibility index (Phi) is 8.88. The molecular formula is C26H36N2O3S. The number of methoxy groups -OCH3 is 1. The van der Waals surface area contributed by atoms with Crippen molar-refractivity contribution in [3.63, 3.8) is 0 Å². The molecule has 1 amide bonds. The minimum absolute atomic E-state index is 0.0160. The summed E-state index contributed by atoms with van der Waals surface area (Å²) in [5.41, 5.74) is 2.60. The van der Waals surface area contributed by atoms with E-state index in [-0.39, 0.29) is 5.91 Å². The average molecular weight is 457 g/mol. The lowest BCUT2D eigenvalue weighted by Crippen LogP contribution is -2.28. The number of carbonyl (C=O) groups is 1. The van der Waals surface area contributed by atoms with Crippen molar-refractivity contribution < 1.29 is 14.3 Å². The van der Waals surface area contributed by atoms with Gasteiger partial charge in [0.2, 0.25) is 5.91 Å². The van der Waals surface area contributed by atoms with Crippen molar-refractivity contribution in [2.75, 3.05) is 37.5 Å². The summed E-state index contributed by atoms with van der Waals surface area (Å²) in [4.78, 5) is 13.8. The van der Waals surface area contributed by atoms with Crippen LogP contribution in [0.1, 0.15) is 45.6 Å². The topological polar surface area (TPSA) is 59.6 Å². The molecule has 1 aliphatic rings. The van der Waals surface area contributed by atoms with Gasteiger partial charge in [0.05, 0.1) is 18.5 Å². The second-order valence-corrected chi connectivity index (χ2v) is 10.4. The Morgan fingerprint density at radius 3 is 2.47 bits per heavy atom. The van der Waals surface area contributed by atoms with Crippen LogP contribution in [0.3, 0.4) is 0 Å². The number of carbonyl (C=O) groups excluding carboxylic acids is 1. The van der Waals surface area contributed by atoms with E-state index in [4.69, 9.17) is 9.47 Å². The molecule has 6 heteroatoms. The van der Waals surface area contributed by atoms with Crippen molar-refractivity contribution in [3.8, 4) is 5.75 Å². The minimum Gasteiger partial charge on any atom is -0.497 e. The van der Waals surface area contributed by atoms with Gasteiger partial charge in [0.1, 0.15) is 5.75 Å². The highest BCUT2D eigenvalue weighted by atomic mass is 32.2. The number of ether oxygens (including phenoxy) is 2.